The van der Waals surface area contributed by atoms with Gasteiger partial charge >= 0.3 is 5.69 Å². The summed E-state index contributed by atoms with van der Waals surface area (Å²) in [6, 6.07) is 17.2. The normalized spacial score (nSPS) is 15.0. The Morgan fingerprint density at radius 2 is 1.80 bits per heavy atom. The van der Waals surface area contributed by atoms with Crippen molar-refractivity contribution in [2.24, 2.45) is 0 Å². The van der Waals surface area contributed by atoms with Gasteiger partial charge in [0.1, 0.15) is 0 Å². The van der Waals surface area contributed by atoms with E-state index in [4.69, 9.17) is 4.52 Å². The molecule has 152 valence electrons. The van der Waals surface area contributed by atoms with Gasteiger partial charge in [0.15, 0.2) is 5.82 Å². The summed E-state index contributed by atoms with van der Waals surface area (Å²) in [5.74, 6) is 0.768. The third-order valence-electron chi connectivity index (χ3n) is 5.60. The van der Waals surface area contributed by atoms with E-state index in [1.54, 1.807) is 0 Å². The number of fused-ring (bicyclic) bond motifs is 1. The first-order valence-electron chi connectivity index (χ1n) is 10.0. The lowest BCUT2D eigenvalue weighted by atomic mass is 10.0. The molecule has 3 heterocycles. The van der Waals surface area contributed by atoms with Crippen LogP contribution >= 0.6 is 0 Å². The average molecular weight is 403 g/mol. The zero-order chi connectivity index (χ0) is 20.5. The topological polar surface area (TPSA) is 97.0 Å². The molecule has 0 atom stereocenters. The smallest absolute Gasteiger partial charge is 0.326 e. The first-order valence-corrected chi connectivity index (χ1v) is 10.0. The van der Waals surface area contributed by atoms with Crippen LogP contribution in [0.5, 0.6) is 0 Å². The van der Waals surface area contributed by atoms with Gasteiger partial charge in [-0.2, -0.15) is 4.98 Å². The van der Waals surface area contributed by atoms with Crippen molar-refractivity contribution in [3.05, 3.63) is 70.9 Å². The number of carbonyl (C=O) groups excluding carboxylic acids is 1. The van der Waals surface area contributed by atoms with Gasteiger partial charge in [-0.25, -0.2) is 4.79 Å². The van der Waals surface area contributed by atoms with Crippen LogP contribution in [-0.4, -0.2) is 43.6 Å². The summed E-state index contributed by atoms with van der Waals surface area (Å²) >= 11 is 0. The number of imidazole rings is 1. The third-order valence-corrected chi connectivity index (χ3v) is 5.60. The van der Waals surface area contributed by atoms with Crippen molar-refractivity contribution in [2.75, 3.05) is 13.1 Å². The maximum Gasteiger partial charge on any atom is 0.326 e. The van der Waals surface area contributed by atoms with Crippen LogP contribution in [0, 0.1) is 0 Å². The van der Waals surface area contributed by atoms with Crippen LogP contribution in [0.15, 0.2) is 63.9 Å². The van der Waals surface area contributed by atoms with Gasteiger partial charge in [-0.3, -0.25) is 9.36 Å². The van der Waals surface area contributed by atoms with E-state index in [1.165, 1.54) is 0 Å². The van der Waals surface area contributed by atoms with Gasteiger partial charge < -0.3 is 14.4 Å². The number of carbonyl (C=O) groups is 1. The van der Waals surface area contributed by atoms with E-state index < -0.39 is 0 Å². The lowest BCUT2D eigenvalue weighted by Gasteiger charge is -2.32. The lowest BCUT2D eigenvalue weighted by Crippen LogP contribution is -2.41. The highest BCUT2D eigenvalue weighted by atomic mass is 16.5. The predicted molar refractivity (Wildman–Crippen MR) is 111 cm³/mol. The van der Waals surface area contributed by atoms with Gasteiger partial charge in [-0.1, -0.05) is 35.5 Å². The molecular weight excluding hydrogens is 382 g/mol. The summed E-state index contributed by atoms with van der Waals surface area (Å²) in [7, 11) is 0. The Labute approximate surface area is 172 Å². The van der Waals surface area contributed by atoms with Crippen LogP contribution in [0.3, 0.4) is 0 Å². The van der Waals surface area contributed by atoms with E-state index in [1.807, 2.05) is 64.1 Å². The minimum Gasteiger partial charge on any atom is -0.342 e. The number of piperidine rings is 1. The predicted octanol–water partition coefficient (Wildman–Crippen LogP) is 2.79. The van der Waals surface area contributed by atoms with Crippen molar-refractivity contribution in [1.82, 2.24) is 24.6 Å². The molecule has 2 aromatic carbocycles. The standard InChI is InChI=1S/C22H21N5O3/c28-20(14-19-24-21(30-25-19)15-6-2-1-3-7-15)26-12-10-16(11-13-26)27-18-9-5-4-8-17(18)23-22(27)29/h1-9,16H,10-14H2,(H,23,29). The maximum atomic E-state index is 12.7. The van der Waals surface area contributed by atoms with E-state index in [0.717, 1.165) is 29.4 Å². The molecule has 0 spiro atoms. The molecule has 0 saturated carbocycles. The molecule has 1 amide bonds. The lowest BCUT2D eigenvalue weighted by molar-refractivity contribution is -0.131. The second kappa shape index (κ2) is 7.62. The Morgan fingerprint density at radius 1 is 1.07 bits per heavy atom. The van der Waals surface area contributed by atoms with E-state index in [9.17, 15) is 9.59 Å². The average Bonchev–Trinajstić information content (AvgIpc) is 3.38. The number of aromatic amines is 1. The van der Waals surface area contributed by atoms with Crippen LogP contribution in [-0.2, 0) is 11.2 Å². The molecule has 1 aliphatic rings. The molecule has 8 heteroatoms. The highest BCUT2D eigenvalue weighted by molar-refractivity contribution is 5.78. The first-order chi connectivity index (χ1) is 14.7. The van der Waals surface area contributed by atoms with Crippen LogP contribution in [0.1, 0.15) is 24.7 Å². The number of rotatable bonds is 4. The monoisotopic (exact) mass is 403 g/mol. The fraction of sp³-hybridized carbons (Fsp3) is 0.273. The van der Waals surface area contributed by atoms with Crippen molar-refractivity contribution in [3.63, 3.8) is 0 Å². The maximum absolute atomic E-state index is 12.7. The van der Waals surface area contributed by atoms with Crippen molar-refractivity contribution in [1.29, 1.82) is 0 Å². The number of benzene rings is 2. The number of H-pyrrole nitrogens is 1. The molecule has 2 aromatic heterocycles. The molecule has 4 aromatic rings. The molecule has 8 nitrogen and oxygen atoms in total. The molecule has 1 N–H and O–H groups in total. The van der Waals surface area contributed by atoms with E-state index in [2.05, 4.69) is 15.1 Å². The molecule has 0 bridgehead atoms. The van der Waals surface area contributed by atoms with Gasteiger partial charge in [-0.15, -0.1) is 0 Å². The molecular formula is C22H21N5O3. The number of likely N-dealkylation sites (tertiary alicyclic amines) is 1. The van der Waals surface area contributed by atoms with Gasteiger partial charge in [-0.05, 0) is 37.1 Å². The molecule has 30 heavy (non-hydrogen) atoms. The number of hydrogen-bond donors (Lipinski definition) is 1. The third kappa shape index (κ3) is 3.41. The van der Waals surface area contributed by atoms with Crippen LogP contribution in [0.25, 0.3) is 22.5 Å². The summed E-state index contributed by atoms with van der Waals surface area (Å²) in [5.41, 5.74) is 2.48. The van der Waals surface area contributed by atoms with Crippen molar-refractivity contribution in [3.8, 4) is 11.5 Å². The molecule has 1 fully saturated rings. The van der Waals surface area contributed by atoms with Gasteiger partial charge in [0.25, 0.3) is 5.89 Å². The van der Waals surface area contributed by atoms with Gasteiger partial charge in [0, 0.05) is 24.7 Å². The highest BCUT2D eigenvalue weighted by Crippen LogP contribution is 2.25. The molecule has 5 rings (SSSR count). The van der Waals surface area contributed by atoms with Crippen LogP contribution in [0.2, 0.25) is 0 Å². The van der Waals surface area contributed by atoms with E-state index >= 15 is 0 Å². The quantitative estimate of drug-likeness (QED) is 0.565. The van der Waals surface area contributed by atoms with Gasteiger partial charge in [0.2, 0.25) is 5.91 Å². The number of para-hydroxylation sites is 2. The summed E-state index contributed by atoms with van der Waals surface area (Å²) in [5, 5.41) is 3.95. The van der Waals surface area contributed by atoms with Crippen LogP contribution in [0.4, 0.5) is 0 Å². The van der Waals surface area contributed by atoms with E-state index in [0.29, 0.717) is 24.8 Å². The summed E-state index contributed by atoms with van der Waals surface area (Å²) in [6.07, 6.45) is 1.57. The number of amides is 1. The summed E-state index contributed by atoms with van der Waals surface area (Å²) < 4.78 is 7.11. The van der Waals surface area contributed by atoms with Crippen molar-refractivity contribution >= 4 is 16.9 Å². The van der Waals surface area contributed by atoms with Crippen molar-refractivity contribution < 1.29 is 9.32 Å². The zero-order valence-electron chi connectivity index (χ0n) is 16.3. The Hall–Kier alpha value is -3.68. The fourth-order valence-electron chi connectivity index (χ4n) is 4.08. The first kappa shape index (κ1) is 18.4. The molecule has 0 radical (unpaired) electrons. The minimum absolute atomic E-state index is 0.0277. The number of nitrogens with one attached hydrogen (secondary N) is 1. The molecule has 1 aliphatic heterocycles. The summed E-state index contributed by atoms with van der Waals surface area (Å²) in [4.78, 5) is 34.2. The number of aromatic nitrogens is 4. The Morgan fingerprint density at radius 3 is 2.60 bits per heavy atom. The van der Waals surface area contributed by atoms with Crippen LogP contribution < -0.4 is 5.69 Å². The van der Waals surface area contributed by atoms with Crippen molar-refractivity contribution in [2.45, 2.75) is 25.3 Å². The molecule has 1 saturated heterocycles. The Bertz CT molecular complexity index is 1230. The number of nitrogens with zero attached hydrogens (tertiary/aromatic N) is 4. The zero-order valence-corrected chi connectivity index (χ0v) is 16.3. The second-order valence-corrected chi connectivity index (χ2v) is 7.49. The Balaban J connectivity index is 1.24. The summed E-state index contributed by atoms with van der Waals surface area (Å²) in [6.45, 7) is 1.19. The van der Waals surface area contributed by atoms with E-state index in [-0.39, 0.29) is 24.1 Å². The molecule has 0 aliphatic carbocycles. The fourth-order valence-corrected chi connectivity index (χ4v) is 4.08. The SMILES string of the molecule is O=C(Cc1noc(-c2ccccc2)n1)N1CCC(n2c(=O)[nH]c3ccccc32)CC1. The molecule has 0 unspecified atom stereocenters. The Kier molecular flexibility index (Phi) is 4.66. The largest absolute Gasteiger partial charge is 0.342 e. The highest BCUT2D eigenvalue weighted by Gasteiger charge is 2.27. The number of hydrogen-bond acceptors (Lipinski definition) is 5. The minimum atomic E-state index is -0.0961. The van der Waals surface area contributed by atoms with Gasteiger partial charge in [0.05, 0.1) is 17.5 Å². The second-order valence-electron chi connectivity index (χ2n) is 7.49.